The summed E-state index contributed by atoms with van der Waals surface area (Å²) in [5.74, 6) is 3.05. The highest BCUT2D eigenvalue weighted by Gasteiger charge is 2.16. The monoisotopic (exact) mass is 345 g/mol. The fourth-order valence-corrected chi connectivity index (χ4v) is 3.80. The predicted octanol–water partition coefficient (Wildman–Crippen LogP) is 3.61. The Balaban J connectivity index is 1.92. The molecule has 0 atom stereocenters. The van der Waals surface area contributed by atoms with E-state index in [9.17, 15) is 4.79 Å². The zero-order valence-electron chi connectivity index (χ0n) is 9.99. The zero-order chi connectivity index (χ0) is 13.0. The van der Waals surface area contributed by atoms with Crippen molar-refractivity contribution >= 4 is 46.2 Å². The molecule has 98 valence electrons. The first-order valence-corrected chi connectivity index (χ1v) is 8.41. The number of amides is 1. The first kappa shape index (κ1) is 14.3. The highest BCUT2D eigenvalue weighted by atomic mass is 79.9. The van der Waals surface area contributed by atoms with Crippen molar-refractivity contribution in [1.82, 2.24) is 5.32 Å². The molecule has 1 fully saturated rings. The Morgan fingerprint density at radius 2 is 2.17 bits per heavy atom. The van der Waals surface area contributed by atoms with Gasteiger partial charge in [0.2, 0.25) is 0 Å². The van der Waals surface area contributed by atoms with E-state index in [0.29, 0.717) is 11.5 Å². The maximum Gasteiger partial charge on any atom is 0.252 e. The van der Waals surface area contributed by atoms with Gasteiger partial charge in [0.25, 0.3) is 5.91 Å². The van der Waals surface area contributed by atoms with Crippen LogP contribution in [0.15, 0.2) is 27.6 Å². The van der Waals surface area contributed by atoms with Gasteiger partial charge in [0.1, 0.15) is 0 Å². The average Bonchev–Trinajstić information content (AvgIpc) is 2.40. The highest BCUT2D eigenvalue weighted by molar-refractivity contribution is 9.10. The molecule has 1 aromatic carbocycles. The third-order valence-corrected chi connectivity index (χ3v) is 5.11. The molecule has 0 bridgehead atoms. The van der Waals surface area contributed by atoms with Gasteiger partial charge < -0.3 is 5.32 Å². The van der Waals surface area contributed by atoms with Crippen LogP contribution in [-0.2, 0) is 0 Å². The summed E-state index contributed by atoms with van der Waals surface area (Å²) >= 11 is 9.66. The van der Waals surface area contributed by atoms with E-state index in [2.05, 4.69) is 33.9 Å². The van der Waals surface area contributed by atoms with Gasteiger partial charge in [-0.3, -0.25) is 4.79 Å². The lowest BCUT2D eigenvalue weighted by Gasteiger charge is -2.21. The molecule has 0 saturated carbocycles. The maximum atomic E-state index is 12.1. The number of thiol groups is 1. The van der Waals surface area contributed by atoms with Gasteiger partial charge >= 0.3 is 0 Å². The summed E-state index contributed by atoms with van der Waals surface area (Å²) in [6.45, 7) is 0.780. The molecule has 1 saturated heterocycles. The number of hydrogen-bond acceptors (Lipinski definition) is 3. The Labute approximate surface area is 126 Å². The number of carbonyl (C=O) groups is 1. The second-order valence-electron chi connectivity index (χ2n) is 4.43. The molecule has 0 aromatic heterocycles. The van der Waals surface area contributed by atoms with E-state index >= 15 is 0 Å². The van der Waals surface area contributed by atoms with E-state index < -0.39 is 0 Å². The molecule has 0 unspecified atom stereocenters. The largest absolute Gasteiger partial charge is 0.352 e. The summed E-state index contributed by atoms with van der Waals surface area (Å²) in [6, 6.07) is 5.51. The smallest absolute Gasteiger partial charge is 0.252 e. The molecular weight excluding hydrogens is 330 g/mol. The van der Waals surface area contributed by atoms with Crippen LogP contribution < -0.4 is 5.32 Å². The zero-order valence-corrected chi connectivity index (χ0v) is 13.3. The van der Waals surface area contributed by atoms with Gasteiger partial charge in [-0.05, 0) is 64.4 Å². The third-order valence-electron chi connectivity index (χ3n) is 3.09. The van der Waals surface area contributed by atoms with Gasteiger partial charge in [0, 0.05) is 15.9 Å². The molecule has 0 aliphatic carbocycles. The minimum atomic E-state index is -0.0176. The first-order chi connectivity index (χ1) is 8.66. The van der Waals surface area contributed by atoms with Crippen molar-refractivity contribution in [2.75, 3.05) is 18.1 Å². The number of carbonyl (C=O) groups excluding carboxylic acids is 1. The van der Waals surface area contributed by atoms with Crippen LogP contribution in [0.4, 0.5) is 0 Å². The lowest BCUT2D eigenvalue weighted by molar-refractivity contribution is 0.0945. The van der Waals surface area contributed by atoms with Crippen LogP contribution in [0.1, 0.15) is 23.2 Å². The number of halogens is 1. The molecule has 1 heterocycles. The summed E-state index contributed by atoms with van der Waals surface area (Å²) in [4.78, 5) is 12.9. The number of nitrogens with one attached hydrogen (secondary N) is 1. The van der Waals surface area contributed by atoms with Crippen molar-refractivity contribution in [2.45, 2.75) is 17.7 Å². The van der Waals surface area contributed by atoms with Gasteiger partial charge in [0.15, 0.2) is 0 Å². The number of thioether (sulfide) groups is 1. The lowest BCUT2D eigenvalue weighted by Crippen LogP contribution is -2.31. The number of rotatable bonds is 3. The molecule has 0 radical (unpaired) electrons. The molecule has 18 heavy (non-hydrogen) atoms. The van der Waals surface area contributed by atoms with E-state index in [-0.39, 0.29) is 5.91 Å². The Kier molecular flexibility index (Phi) is 5.45. The standard InChI is InChI=1S/C13H16BrNOS2/c14-12-2-1-10(17)7-11(12)13(16)15-8-9-3-5-18-6-4-9/h1-2,7,9,17H,3-6,8H2,(H,15,16). The van der Waals surface area contributed by atoms with E-state index in [1.165, 1.54) is 24.3 Å². The van der Waals surface area contributed by atoms with Crippen molar-refractivity contribution < 1.29 is 4.79 Å². The molecule has 1 aromatic rings. The molecule has 5 heteroatoms. The fraction of sp³-hybridized carbons (Fsp3) is 0.462. The van der Waals surface area contributed by atoms with Crippen LogP contribution in [-0.4, -0.2) is 24.0 Å². The minimum Gasteiger partial charge on any atom is -0.352 e. The van der Waals surface area contributed by atoms with E-state index in [0.717, 1.165) is 15.9 Å². The second kappa shape index (κ2) is 6.87. The summed E-state index contributed by atoms with van der Waals surface area (Å²) in [5.41, 5.74) is 0.660. The Morgan fingerprint density at radius 3 is 2.89 bits per heavy atom. The maximum absolute atomic E-state index is 12.1. The minimum absolute atomic E-state index is 0.0176. The van der Waals surface area contributed by atoms with Crippen molar-refractivity contribution in [2.24, 2.45) is 5.92 Å². The molecule has 2 nitrogen and oxygen atoms in total. The summed E-state index contributed by atoms with van der Waals surface area (Å²) in [7, 11) is 0. The van der Waals surface area contributed by atoms with Gasteiger partial charge in [0.05, 0.1) is 5.56 Å². The summed E-state index contributed by atoms with van der Waals surface area (Å²) in [5, 5.41) is 3.02. The summed E-state index contributed by atoms with van der Waals surface area (Å²) < 4.78 is 0.817. The third kappa shape index (κ3) is 3.93. The number of benzene rings is 1. The van der Waals surface area contributed by atoms with E-state index in [1.807, 2.05) is 23.9 Å². The van der Waals surface area contributed by atoms with Crippen LogP contribution in [0.2, 0.25) is 0 Å². The predicted molar refractivity (Wildman–Crippen MR) is 83.8 cm³/mol. The molecule has 1 amide bonds. The van der Waals surface area contributed by atoms with Crippen LogP contribution in [0, 0.1) is 5.92 Å². The van der Waals surface area contributed by atoms with Crippen LogP contribution in [0.25, 0.3) is 0 Å². The van der Waals surface area contributed by atoms with Crippen LogP contribution in [0.3, 0.4) is 0 Å². The second-order valence-corrected chi connectivity index (χ2v) is 7.03. The van der Waals surface area contributed by atoms with Crippen LogP contribution in [0.5, 0.6) is 0 Å². The average molecular weight is 346 g/mol. The summed E-state index contributed by atoms with van der Waals surface area (Å²) in [6.07, 6.45) is 2.41. The fourth-order valence-electron chi connectivity index (χ4n) is 1.97. The highest BCUT2D eigenvalue weighted by Crippen LogP contribution is 2.23. The van der Waals surface area contributed by atoms with E-state index in [1.54, 1.807) is 6.07 Å². The molecule has 1 N–H and O–H groups in total. The Morgan fingerprint density at radius 1 is 1.44 bits per heavy atom. The molecule has 1 aliphatic rings. The molecular formula is C13H16BrNOS2. The lowest BCUT2D eigenvalue weighted by atomic mass is 10.0. The van der Waals surface area contributed by atoms with Crippen molar-refractivity contribution in [3.05, 3.63) is 28.2 Å². The van der Waals surface area contributed by atoms with Crippen LogP contribution >= 0.6 is 40.3 Å². The van der Waals surface area contributed by atoms with Crippen molar-refractivity contribution in [3.63, 3.8) is 0 Å². The number of hydrogen-bond donors (Lipinski definition) is 2. The van der Waals surface area contributed by atoms with Crippen molar-refractivity contribution in [1.29, 1.82) is 0 Å². The van der Waals surface area contributed by atoms with Gasteiger partial charge in [-0.1, -0.05) is 0 Å². The van der Waals surface area contributed by atoms with E-state index in [4.69, 9.17) is 0 Å². The molecule has 1 aliphatic heterocycles. The topological polar surface area (TPSA) is 29.1 Å². The molecule has 0 spiro atoms. The Bertz CT molecular complexity index is 433. The van der Waals surface area contributed by atoms with Crippen molar-refractivity contribution in [3.8, 4) is 0 Å². The molecule has 2 rings (SSSR count). The normalized spacial score (nSPS) is 16.6. The Hall–Kier alpha value is -0.130. The van der Waals surface area contributed by atoms with Gasteiger partial charge in [-0.15, -0.1) is 12.6 Å². The van der Waals surface area contributed by atoms with Gasteiger partial charge in [-0.25, -0.2) is 0 Å². The quantitative estimate of drug-likeness (QED) is 0.819. The first-order valence-electron chi connectivity index (χ1n) is 6.01. The SMILES string of the molecule is O=C(NCC1CCSCC1)c1cc(S)ccc1Br. The van der Waals surface area contributed by atoms with Gasteiger partial charge in [-0.2, -0.15) is 11.8 Å².